The molecule has 106 valence electrons. The van der Waals surface area contributed by atoms with Crippen LogP contribution in [0.2, 0.25) is 0 Å². The summed E-state index contributed by atoms with van der Waals surface area (Å²) in [6, 6.07) is 0. The zero-order chi connectivity index (χ0) is 14.2. The second-order valence-corrected chi connectivity index (χ2v) is 4.91. The maximum atomic E-state index is 11.1. The second kappa shape index (κ2) is 5.14. The number of aromatic nitrogens is 2. The van der Waals surface area contributed by atoms with Gasteiger partial charge in [0.15, 0.2) is 0 Å². The molecule has 7 nitrogen and oxygen atoms in total. The van der Waals surface area contributed by atoms with Crippen molar-refractivity contribution in [3.05, 3.63) is 26.9 Å². The van der Waals surface area contributed by atoms with Crippen molar-refractivity contribution in [1.29, 1.82) is 0 Å². The average molecular weight is 288 g/mol. The number of aliphatic hydroxyl groups is 3. The minimum atomic E-state index is -1.25. The summed E-state index contributed by atoms with van der Waals surface area (Å²) in [7, 11) is 0. The fourth-order valence-corrected chi connectivity index (χ4v) is 2.79. The summed E-state index contributed by atoms with van der Waals surface area (Å²) in [5.41, 5.74) is -1.33. The van der Waals surface area contributed by atoms with Crippen molar-refractivity contribution >= 4 is 12.2 Å². The Morgan fingerprint density at radius 3 is 2.68 bits per heavy atom. The van der Waals surface area contributed by atoms with E-state index in [9.17, 15) is 15.0 Å². The third kappa shape index (κ3) is 2.15. The predicted molar refractivity (Wildman–Crippen MR) is 68.2 cm³/mol. The van der Waals surface area contributed by atoms with E-state index in [1.807, 2.05) is 0 Å². The van der Waals surface area contributed by atoms with Crippen molar-refractivity contribution < 1.29 is 20.1 Å². The summed E-state index contributed by atoms with van der Waals surface area (Å²) in [6.07, 6.45) is -1.66. The van der Waals surface area contributed by atoms with Gasteiger partial charge in [0, 0.05) is 11.8 Å². The Labute approximate surface area is 113 Å². The molecule has 0 amide bonds. The molecule has 1 saturated heterocycles. The standard InChI is InChI=1S/C11H16N2O5S/c1-2-11(5-3-12-10(17)13-9(5)19)8(16)7(15)6(4-14)18-11/h3,6-8,14-16H,2,4H2,1H3,(H2,12,13,17,19)/t6-,7-,8-,11+/m1/s1. The number of hydrogen-bond donors (Lipinski definition) is 5. The number of aliphatic hydroxyl groups excluding tert-OH is 3. The van der Waals surface area contributed by atoms with Crippen molar-refractivity contribution in [2.24, 2.45) is 0 Å². The molecule has 2 heterocycles. The maximum absolute atomic E-state index is 11.1. The predicted octanol–water partition coefficient (Wildman–Crippen LogP) is -0.849. The monoisotopic (exact) mass is 288 g/mol. The molecule has 19 heavy (non-hydrogen) atoms. The van der Waals surface area contributed by atoms with Gasteiger partial charge >= 0.3 is 5.69 Å². The largest absolute Gasteiger partial charge is 0.394 e. The summed E-state index contributed by atoms with van der Waals surface area (Å²) in [5, 5.41) is 29.3. The zero-order valence-electron chi connectivity index (χ0n) is 10.3. The van der Waals surface area contributed by atoms with Gasteiger partial charge in [0.2, 0.25) is 0 Å². The lowest BCUT2D eigenvalue weighted by Gasteiger charge is -2.31. The van der Waals surface area contributed by atoms with Crippen molar-refractivity contribution in [1.82, 2.24) is 9.97 Å². The maximum Gasteiger partial charge on any atom is 0.323 e. The van der Waals surface area contributed by atoms with Gasteiger partial charge in [0.25, 0.3) is 0 Å². The summed E-state index contributed by atoms with van der Waals surface area (Å²) >= 11 is 5.07. The molecule has 1 fully saturated rings. The van der Waals surface area contributed by atoms with Crippen LogP contribution in [0.1, 0.15) is 18.9 Å². The van der Waals surface area contributed by atoms with Crippen LogP contribution in [0.15, 0.2) is 11.0 Å². The van der Waals surface area contributed by atoms with Crippen LogP contribution in [0, 0.1) is 4.64 Å². The molecule has 2 rings (SSSR count). The van der Waals surface area contributed by atoms with E-state index in [0.717, 1.165) is 0 Å². The summed E-state index contributed by atoms with van der Waals surface area (Å²) in [4.78, 5) is 16.0. The highest BCUT2D eigenvalue weighted by Gasteiger charge is 2.54. The Morgan fingerprint density at radius 2 is 2.21 bits per heavy atom. The highest BCUT2D eigenvalue weighted by molar-refractivity contribution is 7.71. The first-order valence-electron chi connectivity index (χ1n) is 5.93. The number of H-pyrrole nitrogens is 2. The molecule has 0 spiro atoms. The molecular weight excluding hydrogens is 272 g/mol. The van der Waals surface area contributed by atoms with Gasteiger partial charge in [-0.25, -0.2) is 4.79 Å². The first-order valence-corrected chi connectivity index (χ1v) is 6.34. The fraction of sp³-hybridized carbons (Fsp3) is 0.636. The number of hydrogen-bond acceptors (Lipinski definition) is 6. The third-order valence-corrected chi connectivity index (χ3v) is 3.85. The van der Waals surface area contributed by atoms with Gasteiger partial charge in [-0.3, -0.25) is 4.98 Å². The lowest BCUT2D eigenvalue weighted by molar-refractivity contribution is -0.101. The first kappa shape index (κ1) is 14.4. The highest BCUT2D eigenvalue weighted by atomic mass is 32.1. The minimum Gasteiger partial charge on any atom is -0.394 e. The lowest BCUT2D eigenvalue weighted by Crippen LogP contribution is -2.41. The first-order chi connectivity index (χ1) is 8.96. The van der Waals surface area contributed by atoms with Crippen LogP contribution in [-0.4, -0.2) is 50.2 Å². The van der Waals surface area contributed by atoms with Gasteiger partial charge in [0.1, 0.15) is 28.6 Å². The molecule has 4 atom stereocenters. The summed E-state index contributed by atoms with van der Waals surface area (Å²) in [5.74, 6) is 0. The molecule has 0 aromatic carbocycles. The summed E-state index contributed by atoms with van der Waals surface area (Å²) < 4.78 is 5.75. The Kier molecular flexibility index (Phi) is 3.88. The second-order valence-electron chi connectivity index (χ2n) is 4.50. The Bertz CT molecular complexity index is 571. The highest BCUT2D eigenvalue weighted by Crippen LogP contribution is 2.42. The normalized spacial score (nSPS) is 34.6. The van der Waals surface area contributed by atoms with E-state index in [1.54, 1.807) is 6.92 Å². The number of rotatable bonds is 3. The van der Waals surface area contributed by atoms with Crippen LogP contribution in [0.3, 0.4) is 0 Å². The van der Waals surface area contributed by atoms with E-state index in [0.29, 0.717) is 12.0 Å². The molecule has 0 aliphatic carbocycles. The van der Waals surface area contributed by atoms with Crippen LogP contribution < -0.4 is 5.69 Å². The molecule has 0 unspecified atom stereocenters. The zero-order valence-corrected chi connectivity index (χ0v) is 11.1. The molecule has 1 aromatic rings. The number of nitrogens with one attached hydrogen (secondary N) is 2. The summed E-state index contributed by atoms with van der Waals surface area (Å²) in [6.45, 7) is 1.34. The topological polar surface area (TPSA) is 119 Å². The number of aromatic amines is 2. The smallest absolute Gasteiger partial charge is 0.323 e. The Hall–Kier alpha value is -1.06. The van der Waals surface area contributed by atoms with Crippen LogP contribution in [-0.2, 0) is 10.3 Å². The van der Waals surface area contributed by atoms with E-state index < -0.39 is 36.2 Å². The minimum absolute atomic E-state index is 0.135. The molecule has 0 saturated carbocycles. The van der Waals surface area contributed by atoms with Crippen molar-refractivity contribution in [3.63, 3.8) is 0 Å². The molecule has 1 aliphatic heterocycles. The van der Waals surface area contributed by atoms with E-state index in [-0.39, 0.29) is 4.64 Å². The van der Waals surface area contributed by atoms with Gasteiger partial charge in [-0.15, -0.1) is 0 Å². The number of ether oxygens (including phenoxy) is 1. The van der Waals surface area contributed by atoms with Crippen LogP contribution in [0.25, 0.3) is 0 Å². The molecule has 1 aromatic heterocycles. The average Bonchev–Trinajstić information content (AvgIpc) is 2.64. The van der Waals surface area contributed by atoms with Crippen LogP contribution in [0.4, 0.5) is 0 Å². The van der Waals surface area contributed by atoms with E-state index >= 15 is 0 Å². The van der Waals surface area contributed by atoms with Gasteiger partial charge < -0.3 is 25.0 Å². The molecule has 1 aliphatic rings. The van der Waals surface area contributed by atoms with E-state index in [1.165, 1.54) is 6.20 Å². The SMILES string of the molecule is CC[C@@]1(c2c[nH]c(=O)[nH]c2=S)O[C@H](CO)[C@@H](O)[C@H]1O. The fourth-order valence-electron chi connectivity index (χ4n) is 2.46. The molecule has 8 heteroatoms. The van der Waals surface area contributed by atoms with E-state index in [4.69, 9.17) is 22.1 Å². The quantitative estimate of drug-likeness (QED) is 0.462. The van der Waals surface area contributed by atoms with E-state index in [2.05, 4.69) is 9.97 Å². The molecular formula is C11H16N2O5S. The van der Waals surface area contributed by atoms with Gasteiger partial charge in [-0.1, -0.05) is 19.1 Å². The van der Waals surface area contributed by atoms with Gasteiger partial charge in [-0.2, -0.15) is 0 Å². The van der Waals surface area contributed by atoms with Crippen molar-refractivity contribution in [2.45, 2.75) is 37.3 Å². The van der Waals surface area contributed by atoms with Crippen molar-refractivity contribution in [2.75, 3.05) is 6.61 Å². The van der Waals surface area contributed by atoms with Gasteiger partial charge in [-0.05, 0) is 6.42 Å². The molecule has 0 bridgehead atoms. The Morgan fingerprint density at radius 1 is 1.53 bits per heavy atom. The van der Waals surface area contributed by atoms with Crippen LogP contribution in [0.5, 0.6) is 0 Å². The Balaban J connectivity index is 2.55. The van der Waals surface area contributed by atoms with Crippen molar-refractivity contribution in [3.8, 4) is 0 Å². The van der Waals surface area contributed by atoms with Gasteiger partial charge in [0.05, 0.1) is 6.61 Å². The lowest BCUT2D eigenvalue weighted by atomic mass is 9.86. The third-order valence-electron chi connectivity index (χ3n) is 3.52. The van der Waals surface area contributed by atoms with Crippen LogP contribution >= 0.6 is 12.2 Å². The molecule has 5 N–H and O–H groups in total. The molecule has 0 radical (unpaired) electrons.